The Morgan fingerprint density at radius 1 is 1.21 bits per heavy atom. The van der Waals surface area contributed by atoms with E-state index >= 15 is 0 Å². The van der Waals surface area contributed by atoms with Gasteiger partial charge in [0.05, 0.1) is 0 Å². The van der Waals surface area contributed by atoms with Crippen molar-refractivity contribution in [1.82, 2.24) is 5.32 Å². The van der Waals surface area contributed by atoms with Gasteiger partial charge in [0, 0.05) is 50.9 Å². The normalized spacial score (nSPS) is 16.7. The third-order valence-corrected chi connectivity index (χ3v) is 4.27. The average molecular weight is 334 g/mol. The van der Waals surface area contributed by atoms with Crippen molar-refractivity contribution in [3.8, 4) is 11.5 Å². The lowest BCUT2D eigenvalue weighted by molar-refractivity contribution is -0.127. The molecular formula is C17H22N2O5. The molecule has 1 N–H and O–H groups in total. The molecule has 0 aliphatic carbocycles. The van der Waals surface area contributed by atoms with Crippen LogP contribution in [-0.4, -0.2) is 44.9 Å². The standard InChI is InChI=1S/C17H22N2O5/c1-12(20)19(14-2-3-15-16(10-14)24-11-23-15)7-6-18-17(21)13-4-8-22-9-5-13/h2-3,10,13H,4-9,11H2,1H3,(H,18,21). The Morgan fingerprint density at radius 2 is 1.96 bits per heavy atom. The zero-order chi connectivity index (χ0) is 16.9. The van der Waals surface area contributed by atoms with Gasteiger partial charge in [0.15, 0.2) is 11.5 Å². The lowest BCUT2D eigenvalue weighted by Gasteiger charge is -2.24. The van der Waals surface area contributed by atoms with E-state index < -0.39 is 0 Å². The van der Waals surface area contributed by atoms with E-state index in [1.165, 1.54) is 6.92 Å². The van der Waals surface area contributed by atoms with Gasteiger partial charge in [-0.3, -0.25) is 9.59 Å². The maximum absolute atomic E-state index is 12.1. The fourth-order valence-corrected chi connectivity index (χ4v) is 2.92. The molecule has 1 saturated heterocycles. The highest BCUT2D eigenvalue weighted by molar-refractivity contribution is 5.92. The molecule has 0 bridgehead atoms. The number of nitrogens with zero attached hydrogens (tertiary/aromatic N) is 1. The summed E-state index contributed by atoms with van der Waals surface area (Å²) in [5, 5.41) is 2.92. The molecule has 0 radical (unpaired) electrons. The predicted molar refractivity (Wildman–Crippen MR) is 87.1 cm³/mol. The average Bonchev–Trinajstić information content (AvgIpc) is 3.06. The van der Waals surface area contributed by atoms with E-state index in [0.717, 1.165) is 18.5 Å². The van der Waals surface area contributed by atoms with Gasteiger partial charge in [-0.2, -0.15) is 0 Å². The van der Waals surface area contributed by atoms with Crippen LogP contribution in [0.15, 0.2) is 18.2 Å². The second kappa shape index (κ2) is 7.53. The van der Waals surface area contributed by atoms with Crippen LogP contribution in [0, 0.1) is 5.92 Å². The van der Waals surface area contributed by atoms with Gasteiger partial charge in [-0.05, 0) is 25.0 Å². The quantitative estimate of drug-likeness (QED) is 0.878. The Balaban J connectivity index is 1.56. The second-order valence-corrected chi connectivity index (χ2v) is 5.89. The monoisotopic (exact) mass is 334 g/mol. The molecule has 2 heterocycles. The van der Waals surface area contributed by atoms with E-state index in [9.17, 15) is 9.59 Å². The smallest absolute Gasteiger partial charge is 0.231 e. The highest BCUT2D eigenvalue weighted by atomic mass is 16.7. The fraction of sp³-hybridized carbons (Fsp3) is 0.529. The molecule has 2 aliphatic heterocycles. The first-order valence-electron chi connectivity index (χ1n) is 8.18. The third-order valence-electron chi connectivity index (χ3n) is 4.27. The Bertz CT molecular complexity index is 613. The molecule has 130 valence electrons. The van der Waals surface area contributed by atoms with E-state index in [2.05, 4.69) is 5.32 Å². The van der Waals surface area contributed by atoms with Crippen LogP contribution in [-0.2, 0) is 14.3 Å². The van der Waals surface area contributed by atoms with Crippen LogP contribution < -0.4 is 19.7 Å². The van der Waals surface area contributed by atoms with Crippen molar-refractivity contribution in [2.24, 2.45) is 5.92 Å². The van der Waals surface area contributed by atoms with Crippen LogP contribution in [0.1, 0.15) is 19.8 Å². The Morgan fingerprint density at radius 3 is 2.71 bits per heavy atom. The molecule has 3 rings (SSSR count). The van der Waals surface area contributed by atoms with Crippen LogP contribution in [0.25, 0.3) is 0 Å². The summed E-state index contributed by atoms with van der Waals surface area (Å²) in [4.78, 5) is 25.7. The number of ether oxygens (including phenoxy) is 3. The number of carbonyl (C=O) groups excluding carboxylic acids is 2. The molecule has 0 atom stereocenters. The van der Waals surface area contributed by atoms with Crippen molar-refractivity contribution >= 4 is 17.5 Å². The molecule has 0 saturated carbocycles. The van der Waals surface area contributed by atoms with Crippen LogP contribution in [0.3, 0.4) is 0 Å². The molecule has 0 unspecified atom stereocenters. The summed E-state index contributed by atoms with van der Waals surface area (Å²) in [6.07, 6.45) is 1.51. The van der Waals surface area contributed by atoms with Crippen LogP contribution >= 0.6 is 0 Å². The lowest BCUT2D eigenvalue weighted by atomic mass is 9.99. The topological polar surface area (TPSA) is 77.1 Å². The van der Waals surface area contributed by atoms with Crippen LogP contribution in [0.4, 0.5) is 5.69 Å². The summed E-state index contributed by atoms with van der Waals surface area (Å²) in [6, 6.07) is 5.38. The van der Waals surface area contributed by atoms with E-state index in [1.807, 2.05) is 6.07 Å². The number of rotatable bonds is 5. The molecule has 0 spiro atoms. The summed E-state index contributed by atoms with van der Waals surface area (Å²) < 4.78 is 15.9. The molecule has 7 nitrogen and oxygen atoms in total. The molecule has 0 aromatic heterocycles. The van der Waals surface area contributed by atoms with E-state index in [1.54, 1.807) is 17.0 Å². The maximum Gasteiger partial charge on any atom is 0.231 e. The predicted octanol–water partition coefficient (Wildman–Crippen LogP) is 1.31. The summed E-state index contributed by atoms with van der Waals surface area (Å²) in [5.41, 5.74) is 0.729. The van der Waals surface area contributed by atoms with Gasteiger partial charge in [-0.15, -0.1) is 0 Å². The number of amides is 2. The van der Waals surface area contributed by atoms with Crippen molar-refractivity contribution in [2.45, 2.75) is 19.8 Å². The Labute approximate surface area is 140 Å². The lowest BCUT2D eigenvalue weighted by Crippen LogP contribution is -2.40. The minimum absolute atomic E-state index is 0.00933. The minimum atomic E-state index is -0.0887. The summed E-state index contributed by atoms with van der Waals surface area (Å²) in [5.74, 6) is 1.26. The van der Waals surface area contributed by atoms with Gasteiger partial charge in [0.25, 0.3) is 0 Å². The second-order valence-electron chi connectivity index (χ2n) is 5.89. The number of anilines is 1. The van der Waals surface area contributed by atoms with Gasteiger partial charge in [-0.1, -0.05) is 0 Å². The highest BCUT2D eigenvalue weighted by Crippen LogP contribution is 2.35. The maximum atomic E-state index is 12.1. The number of hydrogen-bond acceptors (Lipinski definition) is 5. The van der Waals surface area contributed by atoms with E-state index in [4.69, 9.17) is 14.2 Å². The summed E-state index contributed by atoms with van der Waals surface area (Å²) >= 11 is 0. The zero-order valence-corrected chi connectivity index (χ0v) is 13.7. The number of fused-ring (bicyclic) bond motifs is 1. The van der Waals surface area contributed by atoms with Crippen molar-refractivity contribution < 1.29 is 23.8 Å². The molecule has 1 fully saturated rings. The minimum Gasteiger partial charge on any atom is -0.454 e. The number of benzene rings is 1. The largest absolute Gasteiger partial charge is 0.454 e. The molecule has 2 aliphatic rings. The SMILES string of the molecule is CC(=O)N(CCNC(=O)C1CCOCC1)c1ccc2c(c1)OCO2. The van der Waals surface area contributed by atoms with Gasteiger partial charge in [0.1, 0.15) is 0 Å². The molecular weight excluding hydrogens is 312 g/mol. The Kier molecular flexibility index (Phi) is 5.20. The van der Waals surface area contributed by atoms with Gasteiger partial charge >= 0.3 is 0 Å². The van der Waals surface area contributed by atoms with Gasteiger partial charge in [-0.25, -0.2) is 0 Å². The Hall–Kier alpha value is -2.28. The fourth-order valence-electron chi connectivity index (χ4n) is 2.92. The first-order valence-corrected chi connectivity index (χ1v) is 8.18. The number of carbonyl (C=O) groups is 2. The summed E-state index contributed by atoms with van der Waals surface area (Å²) in [7, 11) is 0. The number of nitrogens with one attached hydrogen (secondary N) is 1. The third kappa shape index (κ3) is 3.79. The van der Waals surface area contributed by atoms with Gasteiger partial charge < -0.3 is 24.4 Å². The van der Waals surface area contributed by atoms with Crippen LogP contribution in [0.5, 0.6) is 11.5 Å². The highest BCUT2D eigenvalue weighted by Gasteiger charge is 2.22. The van der Waals surface area contributed by atoms with Crippen molar-refractivity contribution in [3.63, 3.8) is 0 Å². The zero-order valence-electron chi connectivity index (χ0n) is 13.7. The van der Waals surface area contributed by atoms with Gasteiger partial charge in [0.2, 0.25) is 18.6 Å². The summed E-state index contributed by atoms with van der Waals surface area (Å²) in [6.45, 7) is 3.78. The van der Waals surface area contributed by atoms with Crippen molar-refractivity contribution in [3.05, 3.63) is 18.2 Å². The molecule has 24 heavy (non-hydrogen) atoms. The van der Waals surface area contributed by atoms with E-state index in [0.29, 0.717) is 37.8 Å². The van der Waals surface area contributed by atoms with E-state index in [-0.39, 0.29) is 24.5 Å². The molecule has 1 aromatic rings. The molecule has 7 heteroatoms. The van der Waals surface area contributed by atoms with Crippen molar-refractivity contribution in [1.29, 1.82) is 0 Å². The van der Waals surface area contributed by atoms with Crippen molar-refractivity contribution in [2.75, 3.05) is 38.0 Å². The first kappa shape index (κ1) is 16.6. The molecule has 2 amide bonds. The van der Waals surface area contributed by atoms with Crippen LogP contribution in [0.2, 0.25) is 0 Å². The number of hydrogen-bond donors (Lipinski definition) is 1. The molecule has 1 aromatic carbocycles. The first-order chi connectivity index (χ1) is 11.6.